The van der Waals surface area contributed by atoms with Gasteiger partial charge in [0.2, 0.25) is 0 Å². The van der Waals surface area contributed by atoms with Crippen molar-refractivity contribution in [3.8, 4) is 5.75 Å². The Morgan fingerprint density at radius 1 is 0.818 bits per heavy atom. The van der Waals surface area contributed by atoms with Gasteiger partial charge >= 0.3 is 0 Å². The quantitative estimate of drug-likeness (QED) is 0.180. The molecule has 0 atom stereocenters. The molecule has 0 N–H and O–H groups in total. The maximum absolute atomic E-state index is 15.9. The summed E-state index contributed by atoms with van der Waals surface area (Å²) in [6.07, 6.45) is 1.19. The average Bonchev–Trinajstić information content (AvgIpc) is 3.05. The summed E-state index contributed by atoms with van der Waals surface area (Å²) in [6.45, 7) is 2.03. The summed E-state index contributed by atoms with van der Waals surface area (Å²) in [5, 5.41) is 0. The van der Waals surface area contributed by atoms with Crippen LogP contribution in [0.15, 0.2) is 97.1 Å². The second-order valence-corrected chi connectivity index (χ2v) is 11.4. The highest BCUT2D eigenvalue weighted by Crippen LogP contribution is 2.51. The summed E-state index contributed by atoms with van der Waals surface area (Å²) >= 11 is 0. The third-order valence-electron chi connectivity index (χ3n) is 8.71. The molecule has 0 bridgehead atoms. The van der Waals surface area contributed by atoms with Gasteiger partial charge in [0.15, 0.2) is 6.29 Å². The molecule has 0 saturated carbocycles. The van der Waals surface area contributed by atoms with E-state index < -0.39 is 18.2 Å². The van der Waals surface area contributed by atoms with Crippen LogP contribution in [-0.4, -0.2) is 33.6 Å². The predicted octanol–water partition coefficient (Wildman–Crippen LogP) is 8.69. The number of ether oxygens (including phenoxy) is 3. The van der Waals surface area contributed by atoms with Gasteiger partial charge in [0, 0.05) is 50.9 Å². The highest BCUT2D eigenvalue weighted by molar-refractivity contribution is 6.01. The molecule has 1 fully saturated rings. The molecule has 1 aliphatic heterocycles. The average molecular weight is 600 g/mol. The Hall–Kier alpha value is -4.07. The molecular weight excluding hydrogens is 563 g/mol. The molecule has 0 amide bonds. The van der Waals surface area contributed by atoms with Crippen molar-refractivity contribution in [1.29, 1.82) is 0 Å². The van der Waals surface area contributed by atoms with Gasteiger partial charge in [-0.3, -0.25) is 0 Å². The van der Waals surface area contributed by atoms with Gasteiger partial charge in [0.25, 0.3) is 5.92 Å². The van der Waals surface area contributed by atoms with Crippen LogP contribution in [0.3, 0.4) is 0 Å². The van der Waals surface area contributed by atoms with E-state index in [1.165, 1.54) is 18.2 Å². The second kappa shape index (κ2) is 12.9. The molecule has 4 aromatic rings. The standard InChI is InChI=1S/C37H36F3NO3/c1-42-36(43-2)28-18-20-41(21-19-28)30-14-10-27(11-15-30)35-32-17-16-31(44-24-25-6-4-3-5-7-25)22-34(32)37(39,40)23-33(35)26-8-12-29(38)13-9-26/h3-17,22,28,36H,18-21,23-24H2,1-2H3. The lowest BCUT2D eigenvalue weighted by Crippen LogP contribution is -2.39. The number of halogens is 3. The minimum atomic E-state index is -3.14. The molecule has 1 heterocycles. The number of fused-ring (bicyclic) bond motifs is 1. The summed E-state index contributed by atoms with van der Waals surface area (Å²) in [4.78, 5) is 2.33. The maximum atomic E-state index is 15.9. The van der Waals surface area contributed by atoms with Gasteiger partial charge in [-0.05, 0) is 82.6 Å². The number of anilines is 1. The lowest BCUT2D eigenvalue weighted by molar-refractivity contribution is -0.141. The lowest BCUT2D eigenvalue weighted by atomic mass is 9.78. The molecule has 228 valence electrons. The molecular formula is C37H36F3NO3. The molecule has 2 aliphatic rings. The lowest BCUT2D eigenvalue weighted by Gasteiger charge is -2.36. The Balaban J connectivity index is 1.33. The van der Waals surface area contributed by atoms with E-state index in [0.717, 1.165) is 48.3 Å². The normalized spacial score (nSPS) is 16.7. The van der Waals surface area contributed by atoms with Crippen LogP contribution in [0.4, 0.5) is 18.9 Å². The van der Waals surface area contributed by atoms with E-state index in [0.29, 0.717) is 28.4 Å². The maximum Gasteiger partial charge on any atom is 0.278 e. The van der Waals surface area contributed by atoms with Crippen molar-refractivity contribution in [2.24, 2.45) is 5.92 Å². The van der Waals surface area contributed by atoms with E-state index in [2.05, 4.69) is 17.0 Å². The molecule has 1 saturated heterocycles. The molecule has 0 spiro atoms. The van der Waals surface area contributed by atoms with Gasteiger partial charge in [-0.15, -0.1) is 0 Å². The van der Waals surface area contributed by atoms with Crippen molar-refractivity contribution < 1.29 is 27.4 Å². The van der Waals surface area contributed by atoms with Crippen LogP contribution in [0.2, 0.25) is 0 Å². The van der Waals surface area contributed by atoms with Gasteiger partial charge in [0.1, 0.15) is 18.2 Å². The fourth-order valence-corrected chi connectivity index (χ4v) is 6.42. The summed E-state index contributed by atoms with van der Waals surface area (Å²) < 4.78 is 62.5. The van der Waals surface area contributed by atoms with Crippen LogP contribution in [0.5, 0.6) is 5.75 Å². The first kappa shape index (κ1) is 30.0. The molecule has 6 rings (SSSR count). The van der Waals surface area contributed by atoms with Crippen LogP contribution in [0.1, 0.15) is 47.1 Å². The largest absolute Gasteiger partial charge is 0.489 e. The van der Waals surface area contributed by atoms with Gasteiger partial charge in [-0.1, -0.05) is 60.7 Å². The van der Waals surface area contributed by atoms with Crippen molar-refractivity contribution in [3.05, 3.63) is 131 Å². The van der Waals surface area contributed by atoms with Crippen LogP contribution in [0.25, 0.3) is 11.1 Å². The first-order valence-electron chi connectivity index (χ1n) is 15.0. The number of hydrogen-bond acceptors (Lipinski definition) is 4. The first-order valence-corrected chi connectivity index (χ1v) is 15.0. The predicted molar refractivity (Wildman–Crippen MR) is 167 cm³/mol. The highest BCUT2D eigenvalue weighted by atomic mass is 19.3. The number of hydrogen-bond donors (Lipinski definition) is 0. The second-order valence-electron chi connectivity index (χ2n) is 11.4. The van der Waals surface area contributed by atoms with E-state index >= 15 is 8.78 Å². The van der Waals surface area contributed by atoms with E-state index in [4.69, 9.17) is 14.2 Å². The fourth-order valence-electron chi connectivity index (χ4n) is 6.42. The minimum Gasteiger partial charge on any atom is -0.489 e. The van der Waals surface area contributed by atoms with Crippen LogP contribution >= 0.6 is 0 Å². The van der Waals surface area contributed by atoms with Crippen molar-refractivity contribution in [3.63, 3.8) is 0 Å². The molecule has 0 aromatic heterocycles. The summed E-state index contributed by atoms with van der Waals surface area (Å²) in [5.41, 5.74) is 5.03. The minimum absolute atomic E-state index is 0.0686. The topological polar surface area (TPSA) is 30.9 Å². The van der Waals surface area contributed by atoms with Crippen LogP contribution in [0, 0.1) is 11.7 Å². The van der Waals surface area contributed by atoms with Gasteiger partial charge in [0.05, 0.1) is 0 Å². The van der Waals surface area contributed by atoms with E-state index in [-0.39, 0.29) is 18.5 Å². The third kappa shape index (κ3) is 6.26. The van der Waals surface area contributed by atoms with E-state index in [1.54, 1.807) is 38.5 Å². The number of methoxy groups -OCH3 is 2. The number of allylic oxidation sites excluding steroid dienone is 1. The fraction of sp³-hybridized carbons (Fsp3) is 0.297. The number of rotatable bonds is 9. The zero-order valence-electron chi connectivity index (χ0n) is 24.9. The van der Waals surface area contributed by atoms with Crippen molar-refractivity contribution in [2.45, 2.75) is 38.1 Å². The number of benzene rings is 4. The molecule has 0 radical (unpaired) electrons. The zero-order chi connectivity index (χ0) is 30.7. The molecule has 4 nitrogen and oxygen atoms in total. The van der Waals surface area contributed by atoms with E-state index in [1.807, 2.05) is 42.5 Å². The summed E-state index contributed by atoms with van der Waals surface area (Å²) in [5.74, 6) is -2.82. The molecule has 1 aliphatic carbocycles. The molecule has 7 heteroatoms. The van der Waals surface area contributed by atoms with Crippen molar-refractivity contribution in [2.75, 3.05) is 32.2 Å². The SMILES string of the molecule is COC(OC)C1CCN(c2ccc(C3=C(c4ccc(F)cc4)CC(F)(F)c4cc(OCc5ccccc5)ccc43)cc2)CC1. The smallest absolute Gasteiger partial charge is 0.278 e. The van der Waals surface area contributed by atoms with Gasteiger partial charge in [-0.2, -0.15) is 0 Å². The summed E-state index contributed by atoms with van der Waals surface area (Å²) in [7, 11) is 3.35. The molecule has 4 aromatic carbocycles. The number of alkyl halides is 2. The Bertz CT molecular complexity index is 1590. The molecule has 0 unspecified atom stereocenters. The van der Waals surface area contributed by atoms with Gasteiger partial charge < -0.3 is 19.1 Å². The van der Waals surface area contributed by atoms with Crippen LogP contribution < -0.4 is 9.64 Å². The molecule has 44 heavy (non-hydrogen) atoms. The Kier molecular flexibility index (Phi) is 8.78. The van der Waals surface area contributed by atoms with Crippen molar-refractivity contribution in [1.82, 2.24) is 0 Å². The monoisotopic (exact) mass is 599 g/mol. The Morgan fingerprint density at radius 2 is 1.48 bits per heavy atom. The number of nitrogens with zero attached hydrogens (tertiary/aromatic N) is 1. The summed E-state index contributed by atoms with van der Waals surface area (Å²) in [6, 6.07) is 28.5. The third-order valence-corrected chi connectivity index (χ3v) is 8.71. The zero-order valence-corrected chi connectivity index (χ0v) is 24.9. The highest BCUT2D eigenvalue weighted by Gasteiger charge is 2.41. The Labute approximate surface area is 256 Å². The first-order chi connectivity index (χ1) is 21.4. The van der Waals surface area contributed by atoms with Crippen molar-refractivity contribution >= 4 is 16.8 Å². The Morgan fingerprint density at radius 3 is 2.14 bits per heavy atom. The van der Waals surface area contributed by atoms with Gasteiger partial charge in [-0.25, -0.2) is 13.2 Å². The number of piperidine rings is 1. The van der Waals surface area contributed by atoms with Crippen LogP contribution in [-0.2, 0) is 22.0 Å². The van der Waals surface area contributed by atoms with E-state index in [9.17, 15) is 4.39 Å².